The molecule has 1 aliphatic heterocycles. The Bertz CT molecular complexity index is 889. The number of hydrogen-bond acceptors (Lipinski definition) is 7. The summed E-state index contributed by atoms with van der Waals surface area (Å²) < 4.78 is 5.13. The second-order valence-electron chi connectivity index (χ2n) is 7.52. The van der Waals surface area contributed by atoms with Crippen molar-refractivity contribution in [3.8, 4) is 6.07 Å². The SMILES string of the molecule is Cc1cc(CN2CCN(CCC(=O)Nc3sc4c(c3C#N)CCC4)CC2)no1. The first kappa shape index (κ1) is 19.1. The molecule has 2 aliphatic rings. The average molecular weight is 400 g/mol. The summed E-state index contributed by atoms with van der Waals surface area (Å²) in [6.45, 7) is 7.28. The molecule has 8 heteroatoms. The molecule has 28 heavy (non-hydrogen) atoms. The number of amides is 1. The smallest absolute Gasteiger partial charge is 0.226 e. The first-order valence-electron chi connectivity index (χ1n) is 9.84. The molecule has 3 heterocycles. The van der Waals surface area contributed by atoms with E-state index in [0.717, 1.165) is 80.5 Å². The minimum absolute atomic E-state index is 0.00285. The molecule has 2 aromatic heterocycles. The fourth-order valence-electron chi connectivity index (χ4n) is 3.95. The van der Waals surface area contributed by atoms with Gasteiger partial charge in [-0.3, -0.25) is 9.69 Å². The first-order valence-corrected chi connectivity index (χ1v) is 10.7. The van der Waals surface area contributed by atoms with Gasteiger partial charge in [0.2, 0.25) is 5.91 Å². The third-order valence-corrected chi connectivity index (χ3v) is 6.68. The number of piperazine rings is 1. The van der Waals surface area contributed by atoms with Gasteiger partial charge in [0.1, 0.15) is 16.8 Å². The summed E-state index contributed by atoms with van der Waals surface area (Å²) >= 11 is 1.58. The van der Waals surface area contributed by atoms with Gasteiger partial charge in [-0.2, -0.15) is 5.26 Å². The second kappa shape index (κ2) is 8.43. The lowest BCUT2D eigenvalue weighted by Gasteiger charge is -2.34. The summed E-state index contributed by atoms with van der Waals surface area (Å²) in [5.74, 6) is 0.840. The molecule has 4 rings (SSSR count). The van der Waals surface area contributed by atoms with E-state index in [4.69, 9.17) is 4.52 Å². The van der Waals surface area contributed by atoms with E-state index in [-0.39, 0.29) is 5.91 Å². The van der Waals surface area contributed by atoms with E-state index < -0.39 is 0 Å². The van der Waals surface area contributed by atoms with Crippen LogP contribution in [0.15, 0.2) is 10.6 Å². The molecule has 0 spiro atoms. The van der Waals surface area contributed by atoms with Gasteiger partial charge in [-0.15, -0.1) is 11.3 Å². The van der Waals surface area contributed by atoms with Gasteiger partial charge in [0.15, 0.2) is 0 Å². The number of carbonyl (C=O) groups is 1. The quantitative estimate of drug-likeness (QED) is 0.803. The van der Waals surface area contributed by atoms with Crippen LogP contribution in [0.2, 0.25) is 0 Å². The van der Waals surface area contributed by atoms with E-state index in [1.165, 1.54) is 4.88 Å². The molecule has 0 aromatic carbocycles. The number of nitriles is 1. The van der Waals surface area contributed by atoms with Crippen molar-refractivity contribution in [2.24, 2.45) is 0 Å². The molecule has 1 fully saturated rings. The topological polar surface area (TPSA) is 85.4 Å². The van der Waals surface area contributed by atoms with Crippen LogP contribution in [-0.2, 0) is 24.2 Å². The molecule has 1 aliphatic carbocycles. The van der Waals surface area contributed by atoms with Gasteiger partial charge < -0.3 is 14.7 Å². The van der Waals surface area contributed by atoms with Gasteiger partial charge in [0.25, 0.3) is 0 Å². The Morgan fingerprint density at radius 2 is 2.11 bits per heavy atom. The molecule has 0 atom stereocenters. The monoisotopic (exact) mass is 399 g/mol. The molecule has 0 unspecified atom stereocenters. The van der Waals surface area contributed by atoms with Gasteiger partial charge in [-0.1, -0.05) is 5.16 Å². The van der Waals surface area contributed by atoms with Crippen molar-refractivity contribution in [1.82, 2.24) is 15.0 Å². The number of aromatic nitrogens is 1. The Kier molecular flexibility index (Phi) is 5.76. The lowest BCUT2D eigenvalue weighted by molar-refractivity contribution is -0.116. The first-order chi connectivity index (χ1) is 13.6. The normalized spacial score (nSPS) is 17.4. The van der Waals surface area contributed by atoms with Crippen LogP contribution in [0.5, 0.6) is 0 Å². The van der Waals surface area contributed by atoms with E-state index in [1.807, 2.05) is 13.0 Å². The summed E-state index contributed by atoms with van der Waals surface area (Å²) in [5, 5.41) is 17.2. The highest BCUT2D eigenvalue weighted by molar-refractivity contribution is 7.16. The van der Waals surface area contributed by atoms with Gasteiger partial charge in [-0.05, 0) is 31.7 Å². The fraction of sp³-hybridized carbons (Fsp3) is 0.550. The largest absolute Gasteiger partial charge is 0.361 e. The maximum atomic E-state index is 12.4. The van der Waals surface area contributed by atoms with Crippen molar-refractivity contribution in [3.05, 3.63) is 33.5 Å². The number of carbonyl (C=O) groups excluding carboxylic acids is 1. The molecule has 1 saturated heterocycles. The van der Waals surface area contributed by atoms with Gasteiger partial charge in [-0.25, -0.2) is 0 Å². The zero-order valence-corrected chi connectivity index (χ0v) is 17.0. The highest BCUT2D eigenvalue weighted by atomic mass is 32.1. The summed E-state index contributed by atoms with van der Waals surface area (Å²) in [6.07, 6.45) is 3.56. The third-order valence-electron chi connectivity index (χ3n) is 5.47. The molecule has 1 amide bonds. The molecule has 0 radical (unpaired) electrons. The Morgan fingerprint density at radius 1 is 1.32 bits per heavy atom. The van der Waals surface area contributed by atoms with Crippen LogP contribution in [0.3, 0.4) is 0 Å². The Labute approximate surface area is 168 Å². The van der Waals surface area contributed by atoms with Crippen LogP contribution in [0.4, 0.5) is 5.00 Å². The Morgan fingerprint density at radius 3 is 2.82 bits per heavy atom. The van der Waals surface area contributed by atoms with E-state index in [1.54, 1.807) is 11.3 Å². The van der Waals surface area contributed by atoms with Crippen molar-refractivity contribution in [2.75, 3.05) is 38.0 Å². The number of thiophene rings is 1. The molecular weight excluding hydrogens is 374 g/mol. The van der Waals surface area contributed by atoms with E-state index in [9.17, 15) is 10.1 Å². The fourth-order valence-corrected chi connectivity index (χ4v) is 5.21. The molecule has 7 nitrogen and oxygen atoms in total. The van der Waals surface area contributed by atoms with Crippen molar-refractivity contribution in [3.63, 3.8) is 0 Å². The Hall–Kier alpha value is -2.21. The second-order valence-corrected chi connectivity index (χ2v) is 8.62. The van der Waals surface area contributed by atoms with Crippen LogP contribution < -0.4 is 5.32 Å². The summed E-state index contributed by atoms with van der Waals surface area (Å²) in [6, 6.07) is 4.26. The van der Waals surface area contributed by atoms with Crippen molar-refractivity contribution < 1.29 is 9.32 Å². The summed E-state index contributed by atoms with van der Waals surface area (Å²) in [7, 11) is 0. The van der Waals surface area contributed by atoms with Gasteiger partial charge in [0.05, 0.1) is 11.3 Å². The molecule has 0 bridgehead atoms. The van der Waals surface area contributed by atoms with Crippen LogP contribution >= 0.6 is 11.3 Å². The molecule has 2 aromatic rings. The van der Waals surface area contributed by atoms with Crippen LogP contribution in [0.1, 0.15) is 40.3 Å². The molecule has 1 N–H and O–H groups in total. The maximum Gasteiger partial charge on any atom is 0.226 e. The molecule has 148 valence electrons. The van der Waals surface area contributed by atoms with Crippen molar-refractivity contribution >= 4 is 22.2 Å². The molecule has 0 saturated carbocycles. The van der Waals surface area contributed by atoms with E-state index >= 15 is 0 Å². The van der Waals surface area contributed by atoms with E-state index in [0.29, 0.717) is 12.0 Å². The average Bonchev–Trinajstić information content (AvgIpc) is 3.37. The van der Waals surface area contributed by atoms with Crippen molar-refractivity contribution in [2.45, 2.75) is 39.2 Å². The summed E-state index contributed by atoms with van der Waals surface area (Å²) in [4.78, 5) is 18.3. The van der Waals surface area contributed by atoms with Crippen LogP contribution in [0, 0.1) is 18.3 Å². The number of nitrogens with zero attached hydrogens (tertiary/aromatic N) is 4. The minimum Gasteiger partial charge on any atom is -0.361 e. The standard InChI is InChI=1S/C20H25N5O2S/c1-14-11-15(23-27-14)13-25-9-7-24(8-10-25)6-5-19(26)22-20-17(12-21)16-3-2-4-18(16)28-20/h11H,2-10,13H2,1H3,(H,22,26). The van der Waals surface area contributed by atoms with E-state index in [2.05, 4.69) is 26.3 Å². The van der Waals surface area contributed by atoms with Gasteiger partial charge >= 0.3 is 0 Å². The Balaban J connectivity index is 1.21. The minimum atomic E-state index is -0.00285. The lowest BCUT2D eigenvalue weighted by Crippen LogP contribution is -2.46. The van der Waals surface area contributed by atoms with Crippen molar-refractivity contribution in [1.29, 1.82) is 5.26 Å². The number of nitrogens with one attached hydrogen (secondary N) is 1. The number of rotatable bonds is 6. The maximum absolute atomic E-state index is 12.4. The zero-order chi connectivity index (χ0) is 19.5. The zero-order valence-electron chi connectivity index (χ0n) is 16.2. The third kappa shape index (κ3) is 4.27. The highest BCUT2D eigenvalue weighted by Crippen LogP contribution is 2.38. The number of aryl methyl sites for hydroxylation is 2. The number of anilines is 1. The summed E-state index contributed by atoms with van der Waals surface area (Å²) in [5.41, 5.74) is 2.81. The predicted molar refractivity (Wildman–Crippen MR) is 107 cm³/mol. The van der Waals surface area contributed by atoms with Crippen LogP contribution in [0.25, 0.3) is 0 Å². The van der Waals surface area contributed by atoms with Gasteiger partial charge in [0, 0.05) is 56.6 Å². The lowest BCUT2D eigenvalue weighted by atomic mass is 10.1. The highest BCUT2D eigenvalue weighted by Gasteiger charge is 2.23. The number of fused-ring (bicyclic) bond motifs is 1. The predicted octanol–water partition coefficient (Wildman–Crippen LogP) is 2.55. The molecular formula is C20H25N5O2S. The van der Waals surface area contributed by atoms with Crippen LogP contribution in [-0.4, -0.2) is 53.6 Å². The number of hydrogen-bond donors (Lipinski definition) is 1.